The lowest BCUT2D eigenvalue weighted by Crippen LogP contribution is -2.48. The van der Waals surface area contributed by atoms with Gasteiger partial charge in [-0.15, -0.1) is 0 Å². The molecule has 0 aromatic carbocycles. The average molecular weight is 344 g/mol. The molecule has 7 nitrogen and oxygen atoms in total. The number of anilines is 1. The molecule has 1 saturated heterocycles. The zero-order valence-corrected chi connectivity index (χ0v) is 15.1. The van der Waals surface area contributed by atoms with Crippen molar-refractivity contribution in [3.05, 3.63) is 18.1 Å². The third-order valence-electron chi connectivity index (χ3n) is 5.52. The number of piperazine rings is 1. The minimum Gasteiger partial charge on any atom is -0.378 e. The number of hydrogen-bond donors (Lipinski definition) is 0. The van der Waals surface area contributed by atoms with Gasteiger partial charge in [0.05, 0.1) is 12.3 Å². The van der Waals surface area contributed by atoms with Crippen molar-refractivity contribution in [1.29, 1.82) is 0 Å². The zero-order valence-electron chi connectivity index (χ0n) is 15.1. The Balaban J connectivity index is 1.43. The Labute approximate surface area is 149 Å². The molecule has 1 saturated carbocycles. The van der Waals surface area contributed by atoms with Crippen molar-refractivity contribution in [2.75, 3.05) is 44.7 Å². The van der Waals surface area contributed by atoms with Crippen LogP contribution < -0.4 is 4.90 Å². The largest absolute Gasteiger partial charge is 0.378 e. The molecule has 0 spiro atoms. The summed E-state index contributed by atoms with van der Waals surface area (Å²) in [7, 11) is 1.69. The van der Waals surface area contributed by atoms with Crippen LogP contribution in [0.3, 0.4) is 0 Å². The third-order valence-corrected chi connectivity index (χ3v) is 5.52. The molecule has 0 bridgehead atoms. The maximum absolute atomic E-state index is 5.25. The van der Waals surface area contributed by atoms with Crippen molar-refractivity contribution >= 4 is 11.6 Å². The normalized spacial score (nSPS) is 20.4. The number of methoxy groups -OCH3 is 1. The van der Waals surface area contributed by atoms with Crippen LogP contribution in [0.5, 0.6) is 0 Å². The van der Waals surface area contributed by atoms with Gasteiger partial charge in [-0.05, 0) is 18.8 Å². The lowest BCUT2D eigenvalue weighted by Gasteiger charge is -2.38. The maximum Gasteiger partial charge on any atom is 0.254 e. The third kappa shape index (κ3) is 3.77. The van der Waals surface area contributed by atoms with E-state index in [1.54, 1.807) is 13.4 Å². The Morgan fingerprint density at radius 2 is 1.92 bits per heavy atom. The van der Waals surface area contributed by atoms with Crippen molar-refractivity contribution in [1.82, 2.24) is 24.5 Å². The van der Waals surface area contributed by atoms with Gasteiger partial charge in [0.2, 0.25) is 0 Å². The molecule has 0 atom stereocenters. The molecule has 0 radical (unpaired) electrons. The Hall–Kier alpha value is -1.73. The molecule has 3 heterocycles. The second-order valence-electron chi connectivity index (χ2n) is 7.30. The molecule has 1 aliphatic heterocycles. The van der Waals surface area contributed by atoms with Crippen LogP contribution in [0.1, 0.15) is 37.8 Å². The van der Waals surface area contributed by atoms with E-state index in [9.17, 15) is 0 Å². The first-order valence-electron chi connectivity index (χ1n) is 9.49. The van der Waals surface area contributed by atoms with E-state index in [1.807, 2.05) is 4.52 Å². The molecule has 2 aliphatic rings. The van der Waals surface area contributed by atoms with Gasteiger partial charge in [-0.3, -0.25) is 4.90 Å². The van der Waals surface area contributed by atoms with Crippen molar-refractivity contribution in [3.63, 3.8) is 0 Å². The first-order chi connectivity index (χ1) is 12.3. The van der Waals surface area contributed by atoms with E-state index in [0.29, 0.717) is 12.4 Å². The molecule has 2 fully saturated rings. The van der Waals surface area contributed by atoms with Crippen LogP contribution in [0.25, 0.3) is 5.78 Å². The Morgan fingerprint density at radius 3 is 2.68 bits per heavy atom. The van der Waals surface area contributed by atoms with Crippen LogP contribution in [-0.2, 0) is 11.3 Å². The van der Waals surface area contributed by atoms with E-state index in [2.05, 4.69) is 30.9 Å². The molecule has 136 valence electrons. The molecular weight excluding hydrogens is 316 g/mol. The van der Waals surface area contributed by atoms with E-state index < -0.39 is 0 Å². The van der Waals surface area contributed by atoms with E-state index in [4.69, 9.17) is 4.74 Å². The molecule has 0 amide bonds. The minimum atomic E-state index is 0.498. The molecule has 25 heavy (non-hydrogen) atoms. The summed E-state index contributed by atoms with van der Waals surface area (Å²) in [5.74, 6) is 2.64. The summed E-state index contributed by atoms with van der Waals surface area (Å²) in [6.45, 7) is 6.06. The molecular formula is C18H28N6O. The van der Waals surface area contributed by atoms with Crippen molar-refractivity contribution in [3.8, 4) is 0 Å². The number of hydrogen-bond acceptors (Lipinski definition) is 6. The van der Waals surface area contributed by atoms with Gasteiger partial charge in [0.1, 0.15) is 12.1 Å². The van der Waals surface area contributed by atoms with Crippen molar-refractivity contribution < 1.29 is 4.74 Å². The van der Waals surface area contributed by atoms with Crippen LogP contribution in [0.15, 0.2) is 12.4 Å². The first kappa shape index (κ1) is 16.7. The number of ether oxygens (including phenoxy) is 1. The standard InChI is InChI=1S/C18H28N6O/c1-25-13-16-11-17(24-18(21-16)19-14-20-24)23-9-7-22(8-10-23)12-15-5-3-2-4-6-15/h11,14-15H,2-10,12-13H2,1H3. The monoisotopic (exact) mass is 344 g/mol. The van der Waals surface area contributed by atoms with E-state index >= 15 is 0 Å². The molecule has 2 aromatic heterocycles. The second-order valence-corrected chi connectivity index (χ2v) is 7.30. The highest BCUT2D eigenvalue weighted by atomic mass is 16.5. The van der Waals surface area contributed by atoms with Gasteiger partial charge in [0.15, 0.2) is 0 Å². The number of rotatable bonds is 5. The van der Waals surface area contributed by atoms with Gasteiger partial charge < -0.3 is 9.64 Å². The van der Waals surface area contributed by atoms with Gasteiger partial charge in [0, 0.05) is 45.9 Å². The molecule has 0 unspecified atom stereocenters. The molecule has 4 rings (SSSR count). The van der Waals surface area contributed by atoms with Gasteiger partial charge in [-0.2, -0.15) is 14.6 Å². The van der Waals surface area contributed by atoms with Crippen LogP contribution in [-0.4, -0.2) is 64.3 Å². The summed E-state index contributed by atoms with van der Waals surface area (Å²) in [4.78, 5) is 13.8. The van der Waals surface area contributed by atoms with E-state index in [-0.39, 0.29) is 0 Å². The molecule has 1 aliphatic carbocycles. The SMILES string of the molecule is COCc1cc(N2CCN(CC3CCCCC3)CC2)n2ncnc2n1. The zero-order chi connectivity index (χ0) is 17.1. The average Bonchev–Trinajstić information content (AvgIpc) is 3.11. The number of nitrogens with zero attached hydrogens (tertiary/aromatic N) is 6. The van der Waals surface area contributed by atoms with Crippen LogP contribution in [0.4, 0.5) is 5.82 Å². The minimum absolute atomic E-state index is 0.498. The maximum atomic E-state index is 5.25. The second kappa shape index (κ2) is 7.66. The number of aromatic nitrogens is 4. The smallest absolute Gasteiger partial charge is 0.254 e. The summed E-state index contributed by atoms with van der Waals surface area (Å²) in [5.41, 5.74) is 0.905. The van der Waals surface area contributed by atoms with Crippen molar-refractivity contribution in [2.24, 2.45) is 5.92 Å². The predicted molar refractivity (Wildman–Crippen MR) is 96.7 cm³/mol. The molecule has 7 heteroatoms. The quantitative estimate of drug-likeness (QED) is 0.827. The Kier molecular flexibility index (Phi) is 5.12. The summed E-state index contributed by atoms with van der Waals surface area (Å²) in [6.07, 6.45) is 8.70. The highest BCUT2D eigenvalue weighted by Gasteiger charge is 2.23. The predicted octanol–water partition coefficient (Wildman–Crippen LogP) is 1.97. The topological polar surface area (TPSA) is 58.8 Å². The summed E-state index contributed by atoms with van der Waals surface area (Å²) in [6, 6.07) is 2.09. The first-order valence-corrected chi connectivity index (χ1v) is 9.49. The lowest BCUT2D eigenvalue weighted by molar-refractivity contribution is 0.181. The van der Waals surface area contributed by atoms with Gasteiger partial charge in [0.25, 0.3) is 5.78 Å². The van der Waals surface area contributed by atoms with E-state index in [1.165, 1.54) is 38.6 Å². The summed E-state index contributed by atoms with van der Waals surface area (Å²) < 4.78 is 7.09. The van der Waals surface area contributed by atoms with Gasteiger partial charge >= 0.3 is 0 Å². The van der Waals surface area contributed by atoms with Gasteiger partial charge in [-0.1, -0.05) is 19.3 Å². The molecule has 2 aromatic rings. The van der Waals surface area contributed by atoms with Gasteiger partial charge in [-0.25, -0.2) is 4.98 Å². The fourth-order valence-corrected chi connectivity index (χ4v) is 4.19. The van der Waals surface area contributed by atoms with Crippen LogP contribution in [0, 0.1) is 5.92 Å². The summed E-state index contributed by atoms with van der Waals surface area (Å²) in [5, 5.41) is 4.35. The highest BCUT2D eigenvalue weighted by molar-refractivity contribution is 5.47. The Bertz CT molecular complexity index is 688. The number of fused-ring (bicyclic) bond motifs is 1. The van der Waals surface area contributed by atoms with E-state index in [0.717, 1.165) is 43.6 Å². The van der Waals surface area contributed by atoms with Crippen LogP contribution >= 0.6 is 0 Å². The highest BCUT2D eigenvalue weighted by Crippen LogP contribution is 2.25. The van der Waals surface area contributed by atoms with Crippen molar-refractivity contribution in [2.45, 2.75) is 38.7 Å². The summed E-state index contributed by atoms with van der Waals surface area (Å²) >= 11 is 0. The van der Waals surface area contributed by atoms with Crippen LogP contribution in [0.2, 0.25) is 0 Å². The lowest BCUT2D eigenvalue weighted by atomic mass is 9.89. The Morgan fingerprint density at radius 1 is 1.12 bits per heavy atom. The molecule has 0 N–H and O–H groups in total. The fourth-order valence-electron chi connectivity index (χ4n) is 4.19. The fraction of sp³-hybridized carbons (Fsp3) is 0.722.